The summed E-state index contributed by atoms with van der Waals surface area (Å²) in [7, 11) is 0. The average Bonchev–Trinajstić information content (AvgIpc) is 2.80. The lowest BCUT2D eigenvalue weighted by Gasteiger charge is -2.24. The lowest BCUT2D eigenvalue weighted by molar-refractivity contribution is -0.125. The largest absolute Gasteiger partial charge is 0.352 e. The fourth-order valence-electron chi connectivity index (χ4n) is 2.36. The molecule has 20 heavy (non-hydrogen) atoms. The quantitative estimate of drug-likeness (QED) is 0.822. The Bertz CT molecular complexity index is 489. The molecule has 1 fully saturated rings. The maximum Gasteiger partial charge on any atom is 0.273 e. The van der Waals surface area contributed by atoms with Crippen molar-refractivity contribution in [3.8, 4) is 0 Å². The lowest BCUT2D eigenvalue weighted by Crippen LogP contribution is -2.47. The van der Waals surface area contributed by atoms with E-state index in [4.69, 9.17) is 5.73 Å². The first-order valence-corrected chi connectivity index (χ1v) is 6.77. The second-order valence-corrected chi connectivity index (χ2v) is 5.35. The molecular formula is C14H20N4O2. The van der Waals surface area contributed by atoms with Crippen molar-refractivity contribution in [2.24, 2.45) is 5.73 Å². The molecule has 1 saturated heterocycles. The van der Waals surface area contributed by atoms with Gasteiger partial charge in [0.1, 0.15) is 11.7 Å². The predicted molar refractivity (Wildman–Crippen MR) is 74.9 cm³/mol. The van der Waals surface area contributed by atoms with Gasteiger partial charge in [-0.1, -0.05) is 6.07 Å². The molecule has 2 rings (SSSR count). The first kappa shape index (κ1) is 14.5. The van der Waals surface area contributed by atoms with Crippen molar-refractivity contribution < 1.29 is 9.59 Å². The van der Waals surface area contributed by atoms with Gasteiger partial charge in [0.05, 0.1) is 0 Å². The Kier molecular flexibility index (Phi) is 4.34. The molecule has 0 saturated carbocycles. The van der Waals surface area contributed by atoms with Crippen LogP contribution in [-0.2, 0) is 4.79 Å². The van der Waals surface area contributed by atoms with Crippen LogP contribution < -0.4 is 11.1 Å². The zero-order valence-electron chi connectivity index (χ0n) is 11.7. The number of nitrogens with zero attached hydrogens (tertiary/aromatic N) is 2. The molecule has 2 heterocycles. The highest BCUT2D eigenvalue weighted by molar-refractivity contribution is 5.96. The fraction of sp³-hybridized carbons (Fsp3) is 0.500. The van der Waals surface area contributed by atoms with E-state index in [0.717, 1.165) is 0 Å². The minimum absolute atomic E-state index is 0.0335. The SMILES string of the molecule is CC(C)NC(=O)[C@@H]1C[C@H](N)CN1C(=O)c1ccccn1. The van der Waals surface area contributed by atoms with E-state index in [-0.39, 0.29) is 23.9 Å². The molecule has 0 spiro atoms. The molecule has 1 aliphatic rings. The van der Waals surface area contributed by atoms with E-state index in [2.05, 4.69) is 10.3 Å². The van der Waals surface area contributed by atoms with Crippen LogP contribution in [0.4, 0.5) is 0 Å². The van der Waals surface area contributed by atoms with Crippen molar-refractivity contribution >= 4 is 11.8 Å². The molecule has 0 aliphatic carbocycles. The molecule has 1 aromatic rings. The van der Waals surface area contributed by atoms with Crippen LogP contribution in [0.2, 0.25) is 0 Å². The Balaban J connectivity index is 2.16. The minimum atomic E-state index is -0.512. The van der Waals surface area contributed by atoms with Gasteiger partial charge in [0, 0.05) is 24.8 Å². The molecule has 6 nitrogen and oxygen atoms in total. The van der Waals surface area contributed by atoms with Crippen LogP contribution in [0.25, 0.3) is 0 Å². The smallest absolute Gasteiger partial charge is 0.273 e. The summed E-state index contributed by atoms with van der Waals surface area (Å²) in [5.41, 5.74) is 6.24. The van der Waals surface area contributed by atoms with Gasteiger partial charge in [-0.3, -0.25) is 14.6 Å². The van der Waals surface area contributed by atoms with Crippen LogP contribution in [-0.4, -0.2) is 46.4 Å². The summed E-state index contributed by atoms with van der Waals surface area (Å²) in [5, 5.41) is 2.83. The Morgan fingerprint density at radius 1 is 1.45 bits per heavy atom. The molecule has 3 N–H and O–H groups in total. The highest BCUT2D eigenvalue weighted by Gasteiger charge is 2.38. The number of likely N-dealkylation sites (tertiary alicyclic amines) is 1. The van der Waals surface area contributed by atoms with Gasteiger partial charge < -0.3 is 16.0 Å². The van der Waals surface area contributed by atoms with Gasteiger partial charge in [0.15, 0.2) is 0 Å². The number of aromatic nitrogens is 1. The third kappa shape index (κ3) is 3.14. The molecule has 108 valence electrons. The highest BCUT2D eigenvalue weighted by Crippen LogP contribution is 2.19. The summed E-state index contributed by atoms with van der Waals surface area (Å²) in [6, 6.07) is 4.48. The Morgan fingerprint density at radius 3 is 2.80 bits per heavy atom. The number of nitrogens with two attached hydrogens (primary N) is 1. The van der Waals surface area contributed by atoms with E-state index in [1.54, 1.807) is 24.4 Å². The summed E-state index contributed by atoms with van der Waals surface area (Å²) in [6.07, 6.45) is 2.05. The summed E-state index contributed by atoms with van der Waals surface area (Å²) >= 11 is 0. The van der Waals surface area contributed by atoms with Crippen molar-refractivity contribution in [2.45, 2.75) is 38.4 Å². The van der Waals surface area contributed by atoms with E-state index in [9.17, 15) is 9.59 Å². The normalized spacial score (nSPS) is 22.1. The van der Waals surface area contributed by atoms with E-state index < -0.39 is 6.04 Å². The third-order valence-corrected chi connectivity index (χ3v) is 3.21. The van der Waals surface area contributed by atoms with Gasteiger partial charge in [-0.15, -0.1) is 0 Å². The summed E-state index contributed by atoms with van der Waals surface area (Å²) < 4.78 is 0. The molecule has 0 aromatic carbocycles. The molecule has 1 aliphatic heterocycles. The van der Waals surface area contributed by atoms with Crippen LogP contribution in [0.3, 0.4) is 0 Å². The van der Waals surface area contributed by atoms with Crippen molar-refractivity contribution in [1.29, 1.82) is 0 Å². The highest BCUT2D eigenvalue weighted by atomic mass is 16.2. The minimum Gasteiger partial charge on any atom is -0.352 e. The zero-order chi connectivity index (χ0) is 14.7. The average molecular weight is 276 g/mol. The molecule has 0 unspecified atom stereocenters. The predicted octanol–water partition coefficient (Wildman–Crippen LogP) is 0.148. The van der Waals surface area contributed by atoms with Crippen LogP contribution in [0, 0.1) is 0 Å². The molecule has 2 atom stereocenters. The van der Waals surface area contributed by atoms with Gasteiger partial charge >= 0.3 is 0 Å². The van der Waals surface area contributed by atoms with Crippen LogP contribution in [0.1, 0.15) is 30.8 Å². The lowest BCUT2D eigenvalue weighted by atomic mass is 10.1. The molecule has 2 amide bonds. The second-order valence-electron chi connectivity index (χ2n) is 5.35. The van der Waals surface area contributed by atoms with Gasteiger partial charge in [0.2, 0.25) is 5.91 Å². The number of rotatable bonds is 3. The first-order valence-electron chi connectivity index (χ1n) is 6.77. The van der Waals surface area contributed by atoms with E-state index in [1.165, 1.54) is 4.90 Å². The standard InChI is InChI=1S/C14H20N4O2/c1-9(2)17-13(19)12-7-10(15)8-18(12)14(20)11-5-3-4-6-16-11/h3-6,9-10,12H,7-8,15H2,1-2H3,(H,17,19)/t10-,12-/m0/s1. The molecule has 6 heteroatoms. The summed E-state index contributed by atoms with van der Waals surface area (Å²) in [4.78, 5) is 30.1. The zero-order valence-corrected chi connectivity index (χ0v) is 11.7. The van der Waals surface area contributed by atoms with Gasteiger partial charge in [0.25, 0.3) is 5.91 Å². The Hall–Kier alpha value is -1.95. The van der Waals surface area contributed by atoms with Crippen molar-refractivity contribution in [1.82, 2.24) is 15.2 Å². The van der Waals surface area contributed by atoms with E-state index >= 15 is 0 Å². The monoisotopic (exact) mass is 276 g/mol. The molecular weight excluding hydrogens is 256 g/mol. The Morgan fingerprint density at radius 2 is 2.20 bits per heavy atom. The Labute approximate surface area is 118 Å². The van der Waals surface area contributed by atoms with Gasteiger partial charge in [-0.05, 0) is 32.4 Å². The topological polar surface area (TPSA) is 88.3 Å². The van der Waals surface area contributed by atoms with Crippen molar-refractivity contribution in [3.63, 3.8) is 0 Å². The maximum atomic E-state index is 12.4. The van der Waals surface area contributed by atoms with Crippen molar-refractivity contribution in [2.75, 3.05) is 6.54 Å². The first-order chi connectivity index (χ1) is 9.49. The summed E-state index contributed by atoms with van der Waals surface area (Å²) in [6.45, 7) is 4.15. The maximum absolute atomic E-state index is 12.4. The second kappa shape index (κ2) is 6.00. The molecule has 0 bridgehead atoms. The number of amides is 2. The third-order valence-electron chi connectivity index (χ3n) is 3.21. The van der Waals surface area contributed by atoms with Crippen molar-refractivity contribution in [3.05, 3.63) is 30.1 Å². The van der Waals surface area contributed by atoms with Crippen LogP contribution in [0.5, 0.6) is 0 Å². The van der Waals surface area contributed by atoms with Gasteiger partial charge in [-0.25, -0.2) is 0 Å². The number of carbonyl (C=O) groups is 2. The van der Waals surface area contributed by atoms with Crippen LogP contribution >= 0.6 is 0 Å². The van der Waals surface area contributed by atoms with Crippen LogP contribution in [0.15, 0.2) is 24.4 Å². The number of hydrogen-bond acceptors (Lipinski definition) is 4. The number of pyridine rings is 1. The van der Waals surface area contributed by atoms with E-state index in [0.29, 0.717) is 18.7 Å². The number of carbonyl (C=O) groups excluding carboxylic acids is 2. The summed E-state index contributed by atoms with van der Waals surface area (Å²) in [5.74, 6) is -0.403. The van der Waals surface area contributed by atoms with E-state index in [1.807, 2.05) is 13.8 Å². The molecule has 0 radical (unpaired) electrons. The number of nitrogens with one attached hydrogen (secondary N) is 1. The molecule has 1 aromatic heterocycles. The number of hydrogen-bond donors (Lipinski definition) is 2. The fourth-order valence-corrected chi connectivity index (χ4v) is 2.36. The van der Waals surface area contributed by atoms with Gasteiger partial charge in [-0.2, -0.15) is 0 Å².